The lowest BCUT2D eigenvalue weighted by Crippen LogP contribution is -2.52. The van der Waals surface area contributed by atoms with Crippen molar-refractivity contribution in [1.82, 2.24) is 19.5 Å². The van der Waals surface area contributed by atoms with Gasteiger partial charge in [0.1, 0.15) is 6.33 Å². The predicted octanol–water partition coefficient (Wildman–Crippen LogP) is 1.96. The van der Waals surface area contributed by atoms with E-state index in [1.54, 1.807) is 15.9 Å². The highest BCUT2D eigenvalue weighted by Crippen LogP contribution is 2.11. The number of piperazine rings is 1. The molecule has 0 aliphatic carbocycles. The van der Waals surface area contributed by atoms with Gasteiger partial charge in [-0.1, -0.05) is 30.3 Å². The molecular formula is C20H22N6O2. The van der Waals surface area contributed by atoms with Crippen LogP contribution in [0.5, 0.6) is 0 Å². The zero-order valence-electron chi connectivity index (χ0n) is 15.4. The van der Waals surface area contributed by atoms with Crippen LogP contribution in [0.3, 0.4) is 0 Å². The SMILES string of the molecule is O=C(CN1CCN(C(=O)Nn2cnc3ccccc32)CC1)Nc1ccccc1. The number of amides is 3. The number of nitrogens with zero attached hydrogens (tertiary/aromatic N) is 4. The number of fused-ring (bicyclic) bond motifs is 1. The Morgan fingerprint density at radius 1 is 0.929 bits per heavy atom. The molecule has 3 amide bonds. The van der Waals surface area contributed by atoms with Gasteiger partial charge in [0, 0.05) is 31.9 Å². The van der Waals surface area contributed by atoms with Gasteiger partial charge in [-0.2, -0.15) is 0 Å². The molecule has 1 aromatic heterocycles. The van der Waals surface area contributed by atoms with Crippen molar-refractivity contribution in [3.63, 3.8) is 0 Å². The quantitative estimate of drug-likeness (QED) is 0.727. The zero-order chi connectivity index (χ0) is 19.3. The van der Waals surface area contributed by atoms with Crippen LogP contribution in [-0.4, -0.2) is 64.1 Å². The molecule has 3 aromatic rings. The molecule has 8 nitrogen and oxygen atoms in total. The van der Waals surface area contributed by atoms with Gasteiger partial charge >= 0.3 is 6.03 Å². The fourth-order valence-electron chi connectivity index (χ4n) is 3.26. The van der Waals surface area contributed by atoms with Crippen LogP contribution < -0.4 is 10.7 Å². The highest BCUT2D eigenvalue weighted by atomic mass is 16.2. The minimum atomic E-state index is -0.170. The third kappa shape index (κ3) is 4.12. The molecule has 2 aromatic carbocycles. The number of carbonyl (C=O) groups is 2. The third-order valence-electron chi connectivity index (χ3n) is 4.75. The van der Waals surface area contributed by atoms with E-state index in [4.69, 9.17) is 0 Å². The molecule has 4 rings (SSSR count). The summed E-state index contributed by atoms with van der Waals surface area (Å²) < 4.78 is 1.64. The van der Waals surface area contributed by atoms with Gasteiger partial charge in [0.25, 0.3) is 0 Å². The summed E-state index contributed by atoms with van der Waals surface area (Å²) in [6.07, 6.45) is 1.60. The number of benzene rings is 2. The van der Waals surface area contributed by atoms with E-state index in [-0.39, 0.29) is 11.9 Å². The first-order chi connectivity index (χ1) is 13.7. The molecular weight excluding hydrogens is 356 g/mol. The van der Waals surface area contributed by atoms with Crippen molar-refractivity contribution >= 4 is 28.7 Å². The van der Waals surface area contributed by atoms with Crippen LogP contribution in [0, 0.1) is 0 Å². The van der Waals surface area contributed by atoms with Gasteiger partial charge in [-0.25, -0.2) is 19.9 Å². The molecule has 144 valence electrons. The van der Waals surface area contributed by atoms with Gasteiger partial charge in [-0.3, -0.25) is 9.69 Å². The molecule has 2 heterocycles. The highest BCUT2D eigenvalue weighted by molar-refractivity contribution is 5.92. The Bertz CT molecular complexity index is 963. The molecule has 8 heteroatoms. The Balaban J connectivity index is 1.26. The minimum absolute atomic E-state index is 0.0472. The summed E-state index contributed by atoms with van der Waals surface area (Å²) in [6, 6.07) is 16.9. The Morgan fingerprint density at radius 3 is 2.43 bits per heavy atom. The van der Waals surface area contributed by atoms with E-state index < -0.39 is 0 Å². The van der Waals surface area contributed by atoms with Crippen LogP contribution in [0.1, 0.15) is 0 Å². The van der Waals surface area contributed by atoms with Gasteiger partial charge in [0.05, 0.1) is 17.6 Å². The smallest absolute Gasteiger partial charge is 0.325 e. The summed E-state index contributed by atoms with van der Waals surface area (Å²) in [4.78, 5) is 32.8. The second kappa shape index (κ2) is 8.10. The summed E-state index contributed by atoms with van der Waals surface area (Å²) in [7, 11) is 0. The summed E-state index contributed by atoms with van der Waals surface area (Å²) in [5.41, 5.74) is 5.34. The normalized spacial score (nSPS) is 14.8. The number of para-hydroxylation sites is 3. The maximum absolute atomic E-state index is 12.5. The average molecular weight is 378 g/mol. The largest absolute Gasteiger partial charge is 0.336 e. The summed E-state index contributed by atoms with van der Waals surface area (Å²) >= 11 is 0. The Kier molecular flexibility index (Phi) is 5.20. The van der Waals surface area contributed by atoms with Crippen LogP contribution in [0.25, 0.3) is 11.0 Å². The standard InChI is InChI=1S/C20H22N6O2/c27-19(22-16-6-2-1-3-7-16)14-24-10-12-25(13-11-24)20(28)23-26-15-21-17-8-4-5-9-18(17)26/h1-9,15H,10-14H2,(H,22,27)(H,23,28). The number of rotatable bonds is 4. The fraction of sp³-hybridized carbons (Fsp3) is 0.250. The number of anilines is 1. The van der Waals surface area contributed by atoms with Gasteiger partial charge in [-0.05, 0) is 24.3 Å². The molecule has 1 aliphatic heterocycles. The van der Waals surface area contributed by atoms with Crippen LogP contribution >= 0.6 is 0 Å². The molecule has 1 saturated heterocycles. The highest BCUT2D eigenvalue weighted by Gasteiger charge is 2.23. The summed E-state index contributed by atoms with van der Waals surface area (Å²) in [5, 5.41) is 2.89. The first kappa shape index (κ1) is 18.0. The molecule has 1 fully saturated rings. The monoisotopic (exact) mass is 378 g/mol. The van der Waals surface area contributed by atoms with Gasteiger partial charge < -0.3 is 10.2 Å². The number of aromatic nitrogens is 2. The lowest BCUT2D eigenvalue weighted by atomic mass is 10.3. The van der Waals surface area contributed by atoms with E-state index in [0.29, 0.717) is 32.7 Å². The van der Waals surface area contributed by atoms with Crippen molar-refractivity contribution in [2.45, 2.75) is 0 Å². The number of hydrogen-bond acceptors (Lipinski definition) is 4. The number of hydrogen-bond donors (Lipinski definition) is 2. The van der Waals surface area contributed by atoms with Gasteiger partial charge in [0.15, 0.2) is 0 Å². The van der Waals surface area contributed by atoms with Crippen LogP contribution in [0.4, 0.5) is 10.5 Å². The van der Waals surface area contributed by atoms with E-state index in [1.165, 1.54) is 0 Å². The first-order valence-corrected chi connectivity index (χ1v) is 9.24. The van der Waals surface area contributed by atoms with Crippen LogP contribution in [-0.2, 0) is 4.79 Å². The van der Waals surface area contributed by atoms with Crippen molar-refractivity contribution < 1.29 is 9.59 Å². The molecule has 0 spiro atoms. The van der Waals surface area contributed by atoms with Crippen LogP contribution in [0.2, 0.25) is 0 Å². The molecule has 0 saturated carbocycles. The molecule has 0 atom stereocenters. The molecule has 1 aliphatic rings. The predicted molar refractivity (Wildman–Crippen MR) is 108 cm³/mol. The zero-order valence-corrected chi connectivity index (χ0v) is 15.4. The topological polar surface area (TPSA) is 82.5 Å². The fourth-order valence-corrected chi connectivity index (χ4v) is 3.26. The second-order valence-corrected chi connectivity index (χ2v) is 6.70. The molecule has 28 heavy (non-hydrogen) atoms. The van der Waals surface area contributed by atoms with Crippen molar-refractivity contribution in [1.29, 1.82) is 0 Å². The van der Waals surface area contributed by atoms with E-state index in [2.05, 4.69) is 20.6 Å². The van der Waals surface area contributed by atoms with Crippen molar-refractivity contribution in [2.24, 2.45) is 0 Å². The molecule has 0 unspecified atom stereocenters. The summed E-state index contributed by atoms with van der Waals surface area (Å²) in [5.74, 6) is -0.0472. The Labute approximate surface area is 162 Å². The minimum Gasteiger partial charge on any atom is -0.325 e. The molecule has 2 N–H and O–H groups in total. The van der Waals surface area contributed by atoms with E-state index in [1.807, 2.05) is 54.6 Å². The maximum atomic E-state index is 12.5. The Morgan fingerprint density at radius 2 is 1.64 bits per heavy atom. The number of carbonyl (C=O) groups excluding carboxylic acids is 2. The Hall–Kier alpha value is -3.39. The lowest BCUT2D eigenvalue weighted by molar-refractivity contribution is -0.117. The van der Waals surface area contributed by atoms with Crippen molar-refractivity contribution in [3.05, 3.63) is 60.9 Å². The number of nitrogens with one attached hydrogen (secondary N) is 2. The number of imidazole rings is 1. The summed E-state index contributed by atoms with van der Waals surface area (Å²) in [6.45, 7) is 2.76. The van der Waals surface area contributed by atoms with E-state index in [9.17, 15) is 9.59 Å². The first-order valence-electron chi connectivity index (χ1n) is 9.24. The maximum Gasteiger partial charge on any atom is 0.336 e. The van der Waals surface area contributed by atoms with Crippen molar-refractivity contribution in [2.75, 3.05) is 43.5 Å². The second-order valence-electron chi connectivity index (χ2n) is 6.70. The van der Waals surface area contributed by atoms with Crippen LogP contribution in [0.15, 0.2) is 60.9 Å². The number of urea groups is 1. The van der Waals surface area contributed by atoms with Crippen molar-refractivity contribution in [3.8, 4) is 0 Å². The molecule has 0 radical (unpaired) electrons. The lowest BCUT2D eigenvalue weighted by Gasteiger charge is -2.34. The average Bonchev–Trinajstić information content (AvgIpc) is 3.12. The van der Waals surface area contributed by atoms with Gasteiger partial charge in [0.2, 0.25) is 5.91 Å². The van der Waals surface area contributed by atoms with E-state index in [0.717, 1.165) is 16.7 Å². The molecule has 0 bridgehead atoms. The van der Waals surface area contributed by atoms with E-state index >= 15 is 0 Å². The van der Waals surface area contributed by atoms with Gasteiger partial charge in [-0.15, -0.1) is 0 Å². The third-order valence-corrected chi connectivity index (χ3v) is 4.75.